The molecule has 2 N–H and O–H groups in total. The zero-order valence-corrected chi connectivity index (χ0v) is 10.7. The second-order valence-electron chi connectivity index (χ2n) is 5.65. The van der Waals surface area contributed by atoms with Crippen molar-refractivity contribution in [2.24, 2.45) is 5.41 Å². The number of pyridine rings is 1. The number of aliphatic hydroxyl groups is 1. The number of benzene rings is 1. The normalized spacial score (nSPS) is 25.7. The molecule has 2 unspecified atom stereocenters. The summed E-state index contributed by atoms with van der Waals surface area (Å²) in [6.07, 6.45) is 2.40. The summed E-state index contributed by atoms with van der Waals surface area (Å²) in [5, 5.41) is 15.6. The van der Waals surface area contributed by atoms with Gasteiger partial charge >= 0.3 is 0 Å². The van der Waals surface area contributed by atoms with E-state index >= 15 is 0 Å². The Morgan fingerprint density at radius 3 is 2.78 bits per heavy atom. The monoisotopic (exact) mass is 242 g/mol. The van der Waals surface area contributed by atoms with E-state index in [9.17, 15) is 5.11 Å². The van der Waals surface area contributed by atoms with Crippen molar-refractivity contribution in [3.05, 3.63) is 36.5 Å². The van der Waals surface area contributed by atoms with E-state index in [1.165, 1.54) is 5.39 Å². The molecule has 3 nitrogen and oxygen atoms in total. The number of nitrogens with one attached hydrogen (secondary N) is 1. The van der Waals surface area contributed by atoms with Crippen molar-refractivity contribution in [3.63, 3.8) is 0 Å². The average Bonchev–Trinajstić information content (AvgIpc) is 2.39. The SMILES string of the molecule is CC1(C)C(O)CC1Nc1nccc2ccccc12. The second kappa shape index (κ2) is 3.95. The lowest BCUT2D eigenvalue weighted by Crippen LogP contribution is -2.57. The second-order valence-corrected chi connectivity index (χ2v) is 5.65. The van der Waals surface area contributed by atoms with Crippen LogP contribution in [0.5, 0.6) is 0 Å². The van der Waals surface area contributed by atoms with E-state index in [0.29, 0.717) is 0 Å². The molecule has 0 spiro atoms. The number of fused-ring (bicyclic) bond motifs is 1. The van der Waals surface area contributed by atoms with Gasteiger partial charge in [0.1, 0.15) is 5.82 Å². The lowest BCUT2D eigenvalue weighted by molar-refractivity contribution is -0.0511. The summed E-state index contributed by atoms with van der Waals surface area (Å²) in [6.45, 7) is 4.17. The lowest BCUT2D eigenvalue weighted by Gasteiger charge is -2.49. The molecule has 1 aliphatic carbocycles. The van der Waals surface area contributed by atoms with Crippen molar-refractivity contribution in [2.75, 3.05) is 5.32 Å². The number of rotatable bonds is 2. The van der Waals surface area contributed by atoms with Crippen LogP contribution in [0.1, 0.15) is 20.3 Å². The Morgan fingerprint density at radius 2 is 2.06 bits per heavy atom. The summed E-state index contributed by atoms with van der Waals surface area (Å²) in [4.78, 5) is 4.43. The smallest absolute Gasteiger partial charge is 0.134 e. The molecule has 0 bridgehead atoms. The summed E-state index contributed by atoms with van der Waals surface area (Å²) in [6, 6.07) is 10.5. The topological polar surface area (TPSA) is 45.1 Å². The van der Waals surface area contributed by atoms with Crippen LogP contribution in [0.3, 0.4) is 0 Å². The van der Waals surface area contributed by atoms with Crippen molar-refractivity contribution in [3.8, 4) is 0 Å². The highest BCUT2D eigenvalue weighted by Gasteiger charge is 2.47. The van der Waals surface area contributed by atoms with E-state index in [4.69, 9.17) is 0 Å². The van der Waals surface area contributed by atoms with Crippen LogP contribution in [0.4, 0.5) is 5.82 Å². The first kappa shape index (κ1) is 11.5. The van der Waals surface area contributed by atoms with Crippen LogP contribution in [-0.2, 0) is 0 Å². The molecule has 0 amide bonds. The van der Waals surface area contributed by atoms with Gasteiger partial charge in [0.05, 0.1) is 6.10 Å². The van der Waals surface area contributed by atoms with Crippen LogP contribution in [0.2, 0.25) is 0 Å². The van der Waals surface area contributed by atoms with E-state index in [-0.39, 0.29) is 17.6 Å². The molecule has 0 saturated heterocycles. The fraction of sp³-hybridized carbons (Fsp3) is 0.400. The molecule has 94 valence electrons. The molecular weight excluding hydrogens is 224 g/mol. The molecule has 0 aliphatic heterocycles. The molecule has 1 aromatic heterocycles. The van der Waals surface area contributed by atoms with Crippen molar-refractivity contribution in [1.29, 1.82) is 0 Å². The quantitative estimate of drug-likeness (QED) is 0.851. The summed E-state index contributed by atoms with van der Waals surface area (Å²) in [7, 11) is 0. The molecule has 1 saturated carbocycles. The Bertz CT molecular complexity index is 574. The number of hydrogen-bond donors (Lipinski definition) is 2. The van der Waals surface area contributed by atoms with Gasteiger partial charge in [0, 0.05) is 23.0 Å². The van der Waals surface area contributed by atoms with E-state index in [0.717, 1.165) is 17.6 Å². The largest absolute Gasteiger partial charge is 0.392 e. The molecule has 2 aromatic rings. The molecule has 1 fully saturated rings. The number of aliphatic hydroxyl groups excluding tert-OH is 1. The third-order valence-corrected chi connectivity index (χ3v) is 4.20. The van der Waals surface area contributed by atoms with Gasteiger partial charge in [0.15, 0.2) is 0 Å². The lowest BCUT2D eigenvalue weighted by atomic mass is 9.64. The standard InChI is InChI=1S/C15H18N2O/c1-15(2)12(9-13(15)18)17-14-11-6-4-3-5-10(11)7-8-16-14/h3-8,12-13,18H,9H2,1-2H3,(H,16,17). The van der Waals surface area contributed by atoms with Crippen molar-refractivity contribution < 1.29 is 5.11 Å². The minimum atomic E-state index is -0.218. The number of nitrogens with zero attached hydrogens (tertiary/aromatic N) is 1. The maximum Gasteiger partial charge on any atom is 0.134 e. The molecule has 1 heterocycles. The first-order chi connectivity index (χ1) is 8.59. The molecule has 18 heavy (non-hydrogen) atoms. The Morgan fingerprint density at radius 1 is 1.28 bits per heavy atom. The Kier molecular flexibility index (Phi) is 2.52. The molecule has 3 heteroatoms. The van der Waals surface area contributed by atoms with E-state index in [2.05, 4.69) is 36.3 Å². The summed E-state index contributed by atoms with van der Waals surface area (Å²) in [5.41, 5.74) is -0.0847. The Balaban J connectivity index is 1.92. The van der Waals surface area contributed by atoms with Gasteiger partial charge in [-0.1, -0.05) is 38.1 Å². The number of hydrogen-bond acceptors (Lipinski definition) is 3. The van der Waals surface area contributed by atoms with Crippen LogP contribution in [0.15, 0.2) is 36.5 Å². The molecule has 1 aliphatic rings. The molecule has 1 aromatic carbocycles. The molecule has 2 atom stereocenters. The van der Waals surface area contributed by atoms with Gasteiger partial charge in [-0.15, -0.1) is 0 Å². The van der Waals surface area contributed by atoms with Crippen molar-refractivity contribution >= 4 is 16.6 Å². The van der Waals surface area contributed by atoms with Crippen LogP contribution in [-0.4, -0.2) is 22.2 Å². The van der Waals surface area contributed by atoms with Gasteiger partial charge < -0.3 is 10.4 Å². The third-order valence-electron chi connectivity index (χ3n) is 4.20. The number of anilines is 1. The highest BCUT2D eigenvalue weighted by Crippen LogP contribution is 2.42. The van der Waals surface area contributed by atoms with E-state index in [1.807, 2.05) is 24.4 Å². The van der Waals surface area contributed by atoms with Crippen LogP contribution < -0.4 is 5.32 Å². The molecule has 3 rings (SSSR count). The van der Waals surface area contributed by atoms with Gasteiger partial charge in [-0.25, -0.2) is 4.98 Å². The summed E-state index contributed by atoms with van der Waals surface area (Å²) < 4.78 is 0. The van der Waals surface area contributed by atoms with Gasteiger partial charge in [0.25, 0.3) is 0 Å². The predicted octanol–water partition coefficient (Wildman–Crippen LogP) is 2.81. The highest BCUT2D eigenvalue weighted by atomic mass is 16.3. The first-order valence-electron chi connectivity index (χ1n) is 6.37. The molecule has 0 radical (unpaired) electrons. The van der Waals surface area contributed by atoms with E-state index in [1.54, 1.807) is 0 Å². The summed E-state index contributed by atoms with van der Waals surface area (Å²) >= 11 is 0. The van der Waals surface area contributed by atoms with Crippen molar-refractivity contribution in [2.45, 2.75) is 32.4 Å². The minimum Gasteiger partial charge on any atom is -0.392 e. The summed E-state index contributed by atoms with van der Waals surface area (Å²) in [5.74, 6) is 0.915. The maximum atomic E-state index is 9.78. The Labute approximate surface area is 107 Å². The highest BCUT2D eigenvalue weighted by molar-refractivity contribution is 5.91. The van der Waals surface area contributed by atoms with E-state index < -0.39 is 0 Å². The zero-order chi connectivity index (χ0) is 12.8. The van der Waals surface area contributed by atoms with Crippen molar-refractivity contribution in [1.82, 2.24) is 4.98 Å². The maximum absolute atomic E-state index is 9.78. The first-order valence-corrected chi connectivity index (χ1v) is 6.37. The fourth-order valence-electron chi connectivity index (χ4n) is 2.55. The minimum absolute atomic E-state index is 0.0847. The zero-order valence-electron chi connectivity index (χ0n) is 10.7. The third kappa shape index (κ3) is 1.66. The predicted molar refractivity (Wildman–Crippen MR) is 73.6 cm³/mol. The van der Waals surface area contributed by atoms with Crippen LogP contribution in [0, 0.1) is 5.41 Å². The fourth-order valence-corrected chi connectivity index (χ4v) is 2.55. The van der Waals surface area contributed by atoms with Gasteiger partial charge in [-0.2, -0.15) is 0 Å². The van der Waals surface area contributed by atoms with Gasteiger partial charge in [-0.05, 0) is 17.9 Å². The average molecular weight is 242 g/mol. The Hall–Kier alpha value is -1.61. The molecular formula is C15H18N2O. The van der Waals surface area contributed by atoms with Crippen LogP contribution >= 0.6 is 0 Å². The van der Waals surface area contributed by atoms with Crippen LogP contribution in [0.25, 0.3) is 10.8 Å². The van der Waals surface area contributed by atoms with Gasteiger partial charge in [-0.3, -0.25) is 0 Å². The van der Waals surface area contributed by atoms with Gasteiger partial charge in [0.2, 0.25) is 0 Å². The number of aromatic nitrogens is 1.